The molecule has 0 radical (unpaired) electrons. The Morgan fingerprint density at radius 3 is 2.67 bits per heavy atom. The van der Waals surface area contributed by atoms with E-state index in [-0.39, 0.29) is 5.91 Å². The predicted molar refractivity (Wildman–Crippen MR) is 96.7 cm³/mol. The van der Waals surface area contributed by atoms with Crippen molar-refractivity contribution in [3.05, 3.63) is 64.8 Å². The molecule has 0 spiro atoms. The maximum absolute atomic E-state index is 12.9. The van der Waals surface area contributed by atoms with E-state index in [1.165, 1.54) is 0 Å². The topological polar surface area (TPSA) is 34.5 Å². The summed E-state index contributed by atoms with van der Waals surface area (Å²) in [5.41, 5.74) is 2.56. The van der Waals surface area contributed by atoms with Crippen molar-refractivity contribution in [3.63, 3.8) is 0 Å². The maximum atomic E-state index is 12.9. The second-order valence-corrected chi connectivity index (χ2v) is 6.20. The van der Waals surface area contributed by atoms with Gasteiger partial charge in [0.2, 0.25) is 0 Å². The number of hydrogen-bond donors (Lipinski definition) is 0. The molecule has 0 atom stereocenters. The van der Waals surface area contributed by atoms with Crippen molar-refractivity contribution in [3.8, 4) is 5.75 Å². The first-order valence-electron chi connectivity index (χ1n) is 7.63. The Labute approximate surface area is 146 Å². The second kappa shape index (κ2) is 6.57. The molecule has 1 amide bonds. The summed E-state index contributed by atoms with van der Waals surface area (Å²) in [5, 5.41) is 1.67. The number of fused-ring (bicyclic) bond motifs is 1. The van der Waals surface area contributed by atoms with Crippen LogP contribution in [0.25, 0.3) is 10.9 Å². The van der Waals surface area contributed by atoms with Gasteiger partial charge in [-0.25, -0.2) is 0 Å². The van der Waals surface area contributed by atoms with Gasteiger partial charge in [-0.15, -0.1) is 0 Å². The minimum atomic E-state index is -0.0456. The average Bonchev–Trinajstić information content (AvgIpc) is 2.91. The molecule has 124 valence electrons. The Kier molecular flexibility index (Phi) is 4.49. The van der Waals surface area contributed by atoms with E-state index in [1.807, 2.05) is 54.1 Å². The van der Waals surface area contributed by atoms with Gasteiger partial charge in [0.15, 0.2) is 0 Å². The average molecular weight is 343 g/mol. The van der Waals surface area contributed by atoms with Crippen LogP contribution in [0.4, 0.5) is 0 Å². The van der Waals surface area contributed by atoms with Gasteiger partial charge in [-0.1, -0.05) is 29.8 Å². The molecule has 0 bridgehead atoms. The van der Waals surface area contributed by atoms with Gasteiger partial charge < -0.3 is 14.2 Å². The molecule has 3 aromatic rings. The third kappa shape index (κ3) is 2.97. The fourth-order valence-electron chi connectivity index (χ4n) is 2.89. The Morgan fingerprint density at radius 2 is 1.96 bits per heavy atom. The quantitative estimate of drug-likeness (QED) is 0.715. The lowest BCUT2D eigenvalue weighted by Crippen LogP contribution is -2.28. The molecular formula is C19H19ClN2O2. The zero-order chi connectivity index (χ0) is 17.3. The van der Waals surface area contributed by atoms with E-state index in [0.717, 1.165) is 22.2 Å². The third-order valence-electron chi connectivity index (χ3n) is 4.17. The van der Waals surface area contributed by atoms with Gasteiger partial charge in [0.25, 0.3) is 5.91 Å². The minimum absolute atomic E-state index is 0.0456. The van der Waals surface area contributed by atoms with Crippen LogP contribution in [-0.2, 0) is 13.6 Å². The number of carbonyl (C=O) groups is 1. The summed E-state index contributed by atoms with van der Waals surface area (Å²) in [7, 11) is 5.29. The first-order chi connectivity index (χ1) is 11.5. The van der Waals surface area contributed by atoms with Crippen LogP contribution in [0.15, 0.2) is 48.5 Å². The summed E-state index contributed by atoms with van der Waals surface area (Å²) in [6.07, 6.45) is 0. The number of para-hydroxylation sites is 1. The first-order valence-corrected chi connectivity index (χ1v) is 8.01. The Morgan fingerprint density at radius 1 is 1.21 bits per heavy atom. The van der Waals surface area contributed by atoms with Gasteiger partial charge in [-0.3, -0.25) is 4.79 Å². The van der Waals surface area contributed by atoms with Crippen LogP contribution in [0.3, 0.4) is 0 Å². The highest BCUT2D eigenvalue weighted by atomic mass is 35.5. The van der Waals surface area contributed by atoms with Crippen molar-refractivity contribution in [1.82, 2.24) is 9.47 Å². The van der Waals surface area contributed by atoms with E-state index in [2.05, 4.69) is 0 Å². The van der Waals surface area contributed by atoms with E-state index in [0.29, 0.717) is 17.3 Å². The van der Waals surface area contributed by atoms with Gasteiger partial charge in [0.05, 0.1) is 7.11 Å². The SMILES string of the molecule is COc1ccc(Cl)cc1CN(C)C(=O)c1cc2ccccc2n1C. The zero-order valence-corrected chi connectivity index (χ0v) is 14.7. The molecule has 0 N–H and O–H groups in total. The highest BCUT2D eigenvalue weighted by Gasteiger charge is 2.18. The molecule has 0 aliphatic rings. The van der Waals surface area contributed by atoms with Crippen molar-refractivity contribution in [2.75, 3.05) is 14.2 Å². The molecule has 0 unspecified atom stereocenters. The molecule has 0 saturated heterocycles. The summed E-state index contributed by atoms with van der Waals surface area (Å²) in [6, 6.07) is 15.3. The van der Waals surface area contributed by atoms with E-state index in [4.69, 9.17) is 16.3 Å². The van der Waals surface area contributed by atoms with Gasteiger partial charge in [0.1, 0.15) is 11.4 Å². The summed E-state index contributed by atoms with van der Waals surface area (Å²) < 4.78 is 7.28. The summed E-state index contributed by atoms with van der Waals surface area (Å²) >= 11 is 6.07. The normalized spacial score (nSPS) is 10.8. The molecule has 5 heteroatoms. The molecular weight excluding hydrogens is 324 g/mol. The summed E-state index contributed by atoms with van der Waals surface area (Å²) in [5.74, 6) is 0.673. The molecule has 1 aromatic heterocycles. The molecule has 1 heterocycles. The number of hydrogen-bond acceptors (Lipinski definition) is 2. The minimum Gasteiger partial charge on any atom is -0.496 e. The lowest BCUT2D eigenvalue weighted by atomic mass is 10.2. The fraction of sp³-hybridized carbons (Fsp3) is 0.211. The largest absolute Gasteiger partial charge is 0.496 e. The smallest absolute Gasteiger partial charge is 0.270 e. The molecule has 24 heavy (non-hydrogen) atoms. The number of halogens is 1. The number of methoxy groups -OCH3 is 1. The number of ether oxygens (including phenoxy) is 1. The van der Waals surface area contributed by atoms with Gasteiger partial charge >= 0.3 is 0 Å². The van der Waals surface area contributed by atoms with Crippen molar-refractivity contribution >= 4 is 28.4 Å². The number of aromatic nitrogens is 1. The van der Waals surface area contributed by atoms with Gasteiger partial charge in [-0.05, 0) is 30.3 Å². The van der Waals surface area contributed by atoms with Crippen molar-refractivity contribution < 1.29 is 9.53 Å². The van der Waals surface area contributed by atoms with Crippen LogP contribution in [-0.4, -0.2) is 29.5 Å². The van der Waals surface area contributed by atoms with Gasteiger partial charge in [0, 0.05) is 42.1 Å². The number of carbonyl (C=O) groups excluding carboxylic acids is 1. The van der Waals surface area contributed by atoms with E-state index in [9.17, 15) is 4.79 Å². The van der Waals surface area contributed by atoms with Crippen LogP contribution in [0.1, 0.15) is 16.1 Å². The Hall–Kier alpha value is -2.46. The number of benzene rings is 2. The van der Waals surface area contributed by atoms with Gasteiger partial charge in [-0.2, -0.15) is 0 Å². The number of rotatable bonds is 4. The monoisotopic (exact) mass is 342 g/mol. The van der Waals surface area contributed by atoms with Crippen molar-refractivity contribution in [2.45, 2.75) is 6.54 Å². The molecule has 2 aromatic carbocycles. The molecule has 0 aliphatic heterocycles. The summed E-state index contributed by atoms with van der Waals surface area (Å²) in [4.78, 5) is 14.5. The third-order valence-corrected chi connectivity index (χ3v) is 4.40. The molecule has 4 nitrogen and oxygen atoms in total. The van der Waals surface area contributed by atoms with E-state index < -0.39 is 0 Å². The lowest BCUT2D eigenvalue weighted by molar-refractivity contribution is 0.0775. The van der Waals surface area contributed by atoms with Crippen LogP contribution >= 0.6 is 11.6 Å². The number of amides is 1. The second-order valence-electron chi connectivity index (χ2n) is 5.76. The molecule has 0 saturated carbocycles. The Balaban J connectivity index is 1.89. The highest BCUT2D eigenvalue weighted by molar-refractivity contribution is 6.30. The first kappa shape index (κ1) is 16.4. The van der Waals surface area contributed by atoms with E-state index in [1.54, 1.807) is 25.1 Å². The highest BCUT2D eigenvalue weighted by Crippen LogP contribution is 2.25. The number of nitrogens with zero attached hydrogens (tertiary/aromatic N) is 2. The van der Waals surface area contributed by atoms with Crippen molar-refractivity contribution in [2.24, 2.45) is 7.05 Å². The molecule has 3 rings (SSSR count). The fourth-order valence-corrected chi connectivity index (χ4v) is 3.08. The molecule has 0 fully saturated rings. The van der Waals surface area contributed by atoms with Crippen LogP contribution in [0.5, 0.6) is 5.75 Å². The summed E-state index contributed by atoms with van der Waals surface area (Å²) in [6.45, 7) is 0.421. The van der Waals surface area contributed by atoms with Crippen LogP contribution in [0, 0.1) is 0 Å². The van der Waals surface area contributed by atoms with Crippen LogP contribution < -0.4 is 4.74 Å². The van der Waals surface area contributed by atoms with Crippen molar-refractivity contribution in [1.29, 1.82) is 0 Å². The standard InChI is InChI=1S/C19H19ClN2O2/c1-21(12-14-10-15(20)8-9-18(14)24-3)19(23)17-11-13-6-4-5-7-16(13)22(17)2/h4-11H,12H2,1-3H3. The zero-order valence-electron chi connectivity index (χ0n) is 13.9. The maximum Gasteiger partial charge on any atom is 0.270 e. The number of aryl methyl sites for hydroxylation is 1. The Bertz CT molecular complexity index is 902. The lowest BCUT2D eigenvalue weighted by Gasteiger charge is -2.19. The van der Waals surface area contributed by atoms with Crippen LogP contribution in [0.2, 0.25) is 5.02 Å². The van der Waals surface area contributed by atoms with E-state index >= 15 is 0 Å². The molecule has 0 aliphatic carbocycles. The predicted octanol–water partition coefficient (Wildman–Crippen LogP) is 4.11.